The monoisotopic (exact) mass is 430 g/mol. The van der Waals surface area contributed by atoms with Gasteiger partial charge in [-0.1, -0.05) is 30.3 Å². The second kappa shape index (κ2) is 9.78. The van der Waals surface area contributed by atoms with Crippen molar-refractivity contribution in [1.82, 2.24) is 10.3 Å². The van der Waals surface area contributed by atoms with Crippen LogP contribution in [0.5, 0.6) is 0 Å². The molecule has 4 nitrogen and oxygen atoms in total. The van der Waals surface area contributed by atoms with Gasteiger partial charge in [0.25, 0.3) is 0 Å². The first-order valence-electron chi connectivity index (χ1n) is 7.16. The third-order valence-electron chi connectivity index (χ3n) is 3.18. The predicted octanol–water partition coefficient (Wildman–Crippen LogP) is 3.07. The Bertz CT molecular complexity index is 595. The van der Waals surface area contributed by atoms with Crippen molar-refractivity contribution in [2.75, 3.05) is 13.1 Å². The van der Waals surface area contributed by atoms with Gasteiger partial charge in [0.15, 0.2) is 5.96 Å². The maximum Gasteiger partial charge on any atom is 0.188 e. The molecule has 0 amide bonds. The average molecular weight is 430 g/mol. The van der Waals surface area contributed by atoms with Crippen LogP contribution in [0, 0.1) is 13.8 Å². The first-order chi connectivity index (χ1) is 10.1. The highest BCUT2D eigenvalue weighted by Gasteiger charge is 2.03. The lowest BCUT2D eigenvalue weighted by molar-refractivity contribution is 0.844. The Morgan fingerprint density at radius 1 is 1.23 bits per heavy atom. The topological polar surface area (TPSA) is 63.3 Å². The number of nitrogens with one attached hydrogen (secondary N) is 1. The molecule has 0 aliphatic rings. The van der Waals surface area contributed by atoms with Crippen molar-refractivity contribution in [2.45, 2.75) is 26.7 Å². The molecule has 0 saturated carbocycles. The lowest BCUT2D eigenvalue weighted by Gasteiger charge is -2.05. The number of hydrogen-bond donors (Lipinski definition) is 2. The molecule has 120 valence electrons. The SMILES string of the molecule is Cc1nc(C)c(CCN=C(N)NCCc2ccccc2)s1.I. The Balaban J connectivity index is 0.00000242. The van der Waals surface area contributed by atoms with Crippen LogP contribution in [0.15, 0.2) is 35.3 Å². The summed E-state index contributed by atoms with van der Waals surface area (Å²) in [6.07, 6.45) is 1.85. The molecule has 0 aliphatic heterocycles. The van der Waals surface area contributed by atoms with Crippen LogP contribution in [0.2, 0.25) is 0 Å². The highest BCUT2D eigenvalue weighted by atomic mass is 127. The fourth-order valence-corrected chi connectivity index (χ4v) is 3.04. The number of halogens is 1. The average Bonchev–Trinajstić information content (AvgIpc) is 2.78. The fourth-order valence-electron chi connectivity index (χ4n) is 2.12. The molecule has 2 aromatic rings. The molecule has 0 radical (unpaired) electrons. The minimum Gasteiger partial charge on any atom is -0.370 e. The lowest BCUT2D eigenvalue weighted by Crippen LogP contribution is -2.33. The number of aromatic nitrogens is 1. The Hall–Kier alpha value is -1.15. The maximum absolute atomic E-state index is 5.87. The first-order valence-corrected chi connectivity index (χ1v) is 7.97. The van der Waals surface area contributed by atoms with Gasteiger partial charge in [0.05, 0.1) is 10.7 Å². The molecule has 1 aromatic heterocycles. The van der Waals surface area contributed by atoms with Gasteiger partial charge in [-0.05, 0) is 25.8 Å². The number of guanidine groups is 1. The van der Waals surface area contributed by atoms with Crippen molar-refractivity contribution >= 4 is 41.3 Å². The first kappa shape index (κ1) is 18.9. The number of nitrogens with zero attached hydrogens (tertiary/aromatic N) is 2. The highest BCUT2D eigenvalue weighted by molar-refractivity contribution is 14.0. The molecule has 0 saturated heterocycles. The Morgan fingerprint density at radius 2 is 1.95 bits per heavy atom. The van der Waals surface area contributed by atoms with Gasteiger partial charge in [-0.25, -0.2) is 4.98 Å². The standard InChI is InChI=1S/C16H22N4S.HI/c1-12-15(21-13(2)20-12)9-11-19-16(17)18-10-8-14-6-4-3-5-7-14;/h3-7H,8-11H2,1-2H3,(H3,17,18,19);1H. The van der Waals surface area contributed by atoms with E-state index in [1.54, 1.807) is 11.3 Å². The van der Waals surface area contributed by atoms with Crippen molar-refractivity contribution in [3.05, 3.63) is 51.5 Å². The second-order valence-corrected chi connectivity index (χ2v) is 6.21. The van der Waals surface area contributed by atoms with E-state index in [-0.39, 0.29) is 24.0 Å². The van der Waals surface area contributed by atoms with Gasteiger partial charge in [0.1, 0.15) is 0 Å². The van der Waals surface area contributed by atoms with Crippen molar-refractivity contribution in [3.63, 3.8) is 0 Å². The zero-order chi connectivity index (χ0) is 15.1. The number of aryl methyl sites for hydroxylation is 2. The van der Waals surface area contributed by atoms with Crippen LogP contribution >= 0.6 is 35.3 Å². The highest BCUT2D eigenvalue weighted by Crippen LogP contribution is 2.17. The van der Waals surface area contributed by atoms with Crippen molar-refractivity contribution in [2.24, 2.45) is 10.7 Å². The van der Waals surface area contributed by atoms with Gasteiger partial charge in [-0.15, -0.1) is 35.3 Å². The third-order valence-corrected chi connectivity index (χ3v) is 4.32. The number of thiazole rings is 1. The molecule has 2 rings (SSSR count). The molecule has 22 heavy (non-hydrogen) atoms. The van der Waals surface area contributed by atoms with E-state index in [0.717, 1.165) is 30.1 Å². The molecule has 0 aliphatic carbocycles. The Kier molecular flexibility index (Phi) is 8.40. The molecule has 1 aromatic carbocycles. The fraction of sp³-hybridized carbons (Fsp3) is 0.375. The number of aliphatic imine (C=N–C) groups is 1. The van der Waals surface area contributed by atoms with Crippen LogP contribution in [0.25, 0.3) is 0 Å². The summed E-state index contributed by atoms with van der Waals surface area (Å²) in [5, 5.41) is 4.26. The van der Waals surface area contributed by atoms with E-state index in [2.05, 4.69) is 27.4 Å². The van der Waals surface area contributed by atoms with Crippen LogP contribution in [0.4, 0.5) is 0 Å². The van der Waals surface area contributed by atoms with E-state index in [1.807, 2.05) is 32.0 Å². The largest absolute Gasteiger partial charge is 0.370 e. The minimum absolute atomic E-state index is 0. The summed E-state index contributed by atoms with van der Waals surface area (Å²) >= 11 is 1.74. The maximum atomic E-state index is 5.87. The summed E-state index contributed by atoms with van der Waals surface area (Å²) in [7, 11) is 0. The summed E-state index contributed by atoms with van der Waals surface area (Å²) in [4.78, 5) is 10.1. The molecular weight excluding hydrogens is 407 g/mol. The molecule has 0 fully saturated rings. The van der Waals surface area contributed by atoms with E-state index in [0.29, 0.717) is 12.5 Å². The molecule has 1 heterocycles. The number of rotatable bonds is 6. The Labute approximate surface area is 153 Å². The van der Waals surface area contributed by atoms with Gasteiger partial charge in [-0.3, -0.25) is 4.99 Å². The van der Waals surface area contributed by atoms with Crippen molar-refractivity contribution in [3.8, 4) is 0 Å². The zero-order valence-corrected chi connectivity index (χ0v) is 16.2. The number of hydrogen-bond acceptors (Lipinski definition) is 3. The predicted molar refractivity (Wildman–Crippen MR) is 105 cm³/mol. The van der Waals surface area contributed by atoms with Crippen LogP contribution in [0.1, 0.15) is 21.1 Å². The van der Waals surface area contributed by atoms with E-state index >= 15 is 0 Å². The normalized spacial score (nSPS) is 11.1. The van der Waals surface area contributed by atoms with E-state index in [1.165, 1.54) is 10.4 Å². The minimum atomic E-state index is 0. The summed E-state index contributed by atoms with van der Waals surface area (Å²) < 4.78 is 0. The third kappa shape index (κ3) is 6.31. The summed E-state index contributed by atoms with van der Waals surface area (Å²) in [5.74, 6) is 0.518. The molecule has 0 atom stereocenters. The molecule has 3 N–H and O–H groups in total. The van der Waals surface area contributed by atoms with Crippen LogP contribution in [-0.2, 0) is 12.8 Å². The molecule has 0 unspecified atom stereocenters. The van der Waals surface area contributed by atoms with Gasteiger partial charge in [0, 0.05) is 24.4 Å². The molecule has 6 heteroatoms. The zero-order valence-electron chi connectivity index (χ0n) is 13.0. The van der Waals surface area contributed by atoms with E-state index in [9.17, 15) is 0 Å². The molecule has 0 spiro atoms. The van der Waals surface area contributed by atoms with E-state index in [4.69, 9.17) is 5.73 Å². The van der Waals surface area contributed by atoms with Crippen LogP contribution in [0.3, 0.4) is 0 Å². The van der Waals surface area contributed by atoms with Gasteiger partial charge < -0.3 is 11.1 Å². The van der Waals surface area contributed by atoms with Crippen molar-refractivity contribution in [1.29, 1.82) is 0 Å². The van der Waals surface area contributed by atoms with Crippen LogP contribution in [-0.4, -0.2) is 24.0 Å². The Morgan fingerprint density at radius 3 is 2.59 bits per heavy atom. The lowest BCUT2D eigenvalue weighted by atomic mass is 10.1. The second-order valence-electron chi connectivity index (χ2n) is 4.92. The van der Waals surface area contributed by atoms with Crippen LogP contribution < -0.4 is 11.1 Å². The van der Waals surface area contributed by atoms with Crippen molar-refractivity contribution < 1.29 is 0 Å². The number of benzene rings is 1. The summed E-state index contributed by atoms with van der Waals surface area (Å²) in [5.41, 5.74) is 8.29. The quantitative estimate of drug-likeness (QED) is 0.421. The molecular formula is C16H23IN4S. The van der Waals surface area contributed by atoms with Gasteiger partial charge in [0.2, 0.25) is 0 Å². The van der Waals surface area contributed by atoms with Gasteiger partial charge >= 0.3 is 0 Å². The molecule has 0 bridgehead atoms. The smallest absolute Gasteiger partial charge is 0.188 e. The van der Waals surface area contributed by atoms with Gasteiger partial charge in [-0.2, -0.15) is 0 Å². The number of nitrogens with two attached hydrogens (primary N) is 1. The summed E-state index contributed by atoms with van der Waals surface area (Å²) in [6.45, 7) is 5.58. The summed E-state index contributed by atoms with van der Waals surface area (Å²) in [6, 6.07) is 10.3. The van der Waals surface area contributed by atoms with E-state index < -0.39 is 0 Å².